The fourth-order valence-corrected chi connectivity index (χ4v) is 3.67. The number of urea groups is 1. The highest BCUT2D eigenvalue weighted by Gasteiger charge is 2.55. The second kappa shape index (κ2) is 9.89. The number of carbonyl (C=O) groups excluding carboxylic acids is 1. The van der Waals surface area contributed by atoms with Crippen molar-refractivity contribution in [2.24, 2.45) is 0 Å². The Morgan fingerprint density at radius 1 is 1.14 bits per heavy atom. The minimum atomic E-state index is -0.694. The standard InChI is InChI=1S/C22H34N2O5/c1-5-6-7-8-13-26-18-17(27-20-19(18)28-22(3,4)29-20)14-23-21(25)24-16-11-9-15(2)10-12-16/h9-12,17-20H,5-8,13-14H2,1-4H3,(H2,23,24,25)/t17-,18+,19-,20-/m1/s1. The summed E-state index contributed by atoms with van der Waals surface area (Å²) in [5, 5.41) is 5.70. The average Bonchev–Trinajstić information content (AvgIpc) is 3.13. The zero-order valence-corrected chi connectivity index (χ0v) is 17.9. The van der Waals surface area contributed by atoms with Crippen LogP contribution in [-0.4, -0.2) is 49.6 Å². The molecule has 2 heterocycles. The van der Waals surface area contributed by atoms with Gasteiger partial charge in [0.2, 0.25) is 0 Å². The van der Waals surface area contributed by atoms with Crippen LogP contribution in [0.1, 0.15) is 52.0 Å². The lowest BCUT2D eigenvalue weighted by Crippen LogP contribution is -2.44. The summed E-state index contributed by atoms with van der Waals surface area (Å²) in [6.07, 6.45) is 3.17. The van der Waals surface area contributed by atoms with E-state index in [4.69, 9.17) is 18.9 Å². The third-order valence-electron chi connectivity index (χ3n) is 5.17. The predicted molar refractivity (Wildman–Crippen MR) is 111 cm³/mol. The normalized spacial score (nSPS) is 27.6. The maximum Gasteiger partial charge on any atom is 0.319 e. The first kappa shape index (κ1) is 22.0. The molecule has 162 valence electrons. The smallest absolute Gasteiger partial charge is 0.319 e. The van der Waals surface area contributed by atoms with E-state index in [2.05, 4.69) is 17.6 Å². The van der Waals surface area contributed by atoms with Crippen LogP contribution in [0, 0.1) is 6.92 Å². The van der Waals surface area contributed by atoms with Gasteiger partial charge in [-0.25, -0.2) is 4.79 Å². The highest BCUT2D eigenvalue weighted by Crippen LogP contribution is 2.38. The van der Waals surface area contributed by atoms with Crippen molar-refractivity contribution in [2.45, 2.75) is 83.8 Å². The van der Waals surface area contributed by atoms with Gasteiger partial charge < -0.3 is 29.6 Å². The van der Waals surface area contributed by atoms with Gasteiger partial charge in [0, 0.05) is 18.8 Å². The van der Waals surface area contributed by atoms with Crippen molar-refractivity contribution in [3.05, 3.63) is 29.8 Å². The summed E-state index contributed by atoms with van der Waals surface area (Å²) in [5.74, 6) is -0.694. The first-order chi connectivity index (χ1) is 13.9. The molecule has 0 unspecified atom stereocenters. The number of hydrogen-bond donors (Lipinski definition) is 2. The van der Waals surface area contributed by atoms with E-state index >= 15 is 0 Å². The van der Waals surface area contributed by atoms with Crippen LogP contribution in [0.3, 0.4) is 0 Å². The topological polar surface area (TPSA) is 78.1 Å². The van der Waals surface area contributed by atoms with Crippen molar-refractivity contribution in [1.82, 2.24) is 5.32 Å². The molecule has 2 aliphatic rings. The van der Waals surface area contributed by atoms with E-state index in [1.807, 2.05) is 45.0 Å². The zero-order valence-electron chi connectivity index (χ0n) is 17.9. The van der Waals surface area contributed by atoms with E-state index < -0.39 is 12.1 Å². The van der Waals surface area contributed by atoms with Gasteiger partial charge in [-0.15, -0.1) is 0 Å². The number of benzene rings is 1. The van der Waals surface area contributed by atoms with Gasteiger partial charge >= 0.3 is 6.03 Å². The molecular formula is C22H34N2O5. The molecule has 3 rings (SSSR count). The maximum absolute atomic E-state index is 12.3. The van der Waals surface area contributed by atoms with E-state index in [0.29, 0.717) is 13.2 Å². The van der Waals surface area contributed by atoms with Crippen LogP contribution in [0.4, 0.5) is 10.5 Å². The molecule has 2 aliphatic heterocycles. The van der Waals surface area contributed by atoms with E-state index in [1.54, 1.807) is 0 Å². The lowest BCUT2D eigenvalue weighted by Gasteiger charge is -2.26. The van der Waals surface area contributed by atoms with E-state index in [1.165, 1.54) is 12.8 Å². The molecule has 2 fully saturated rings. The largest absolute Gasteiger partial charge is 0.373 e. The Kier molecular flexibility index (Phi) is 7.51. The number of hydrogen-bond acceptors (Lipinski definition) is 5. The molecule has 0 radical (unpaired) electrons. The van der Waals surface area contributed by atoms with Crippen molar-refractivity contribution < 1.29 is 23.7 Å². The van der Waals surface area contributed by atoms with Gasteiger partial charge in [0.05, 0.1) is 0 Å². The van der Waals surface area contributed by atoms with Gasteiger partial charge in [0.1, 0.15) is 18.3 Å². The number of amides is 2. The van der Waals surface area contributed by atoms with Gasteiger partial charge in [-0.1, -0.05) is 43.9 Å². The molecule has 2 saturated heterocycles. The number of ether oxygens (including phenoxy) is 4. The number of unbranched alkanes of at least 4 members (excludes halogenated alkanes) is 3. The van der Waals surface area contributed by atoms with Crippen molar-refractivity contribution in [2.75, 3.05) is 18.5 Å². The molecule has 2 amide bonds. The summed E-state index contributed by atoms with van der Waals surface area (Å²) in [6, 6.07) is 7.37. The van der Waals surface area contributed by atoms with Gasteiger partial charge in [-0.05, 0) is 39.3 Å². The quantitative estimate of drug-likeness (QED) is 0.607. The molecule has 0 aliphatic carbocycles. The molecule has 1 aromatic carbocycles. The number of aryl methyl sites for hydroxylation is 1. The third-order valence-corrected chi connectivity index (χ3v) is 5.17. The molecule has 0 saturated carbocycles. The SMILES string of the molecule is CCCCCCO[C@@H]1[C@H]2OC(C)(C)O[C@H]2O[C@@H]1CNC(=O)Nc1ccc(C)cc1. The monoisotopic (exact) mass is 406 g/mol. The Morgan fingerprint density at radius 3 is 2.62 bits per heavy atom. The summed E-state index contributed by atoms with van der Waals surface area (Å²) in [4.78, 5) is 12.3. The average molecular weight is 407 g/mol. The first-order valence-corrected chi connectivity index (χ1v) is 10.6. The molecule has 1 aromatic rings. The molecule has 7 heteroatoms. The summed E-state index contributed by atoms with van der Waals surface area (Å²) in [6.45, 7) is 8.90. The highest BCUT2D eigenvalue weighted by molar-refractivity contribution is 5.89. The summed E-state index contributed by atoms with van der Waals surface area (Å²) >= 11 is 0. The Labute approximate surface area is 173 Å². The predicted octanol–water partition coefficient (Wildman–Crippen LogP) is 3.96. The Balaban J connectivity index is 1.51. The molecule has 0 aromatic heterocycles. The molecule has 0 spiro atoms. The van der Waals surface area contributed by atoms with Crippen molar-refractivity contribution in [3.63, 3.8) is 0 Å². The second-order valence-corrected chi connectivity index (χ2v) is 8.24. The fourth-order valence-electron chi connectivity index (χ4n) is 3.67. The zero-order chi connectivity index (χ0) is 20.9. The van der Waals surface area contributed by atoms with Crippen LogP contribution >= 0.6 is 0 Å². The van der Waals surface area contributed by atoms with Crippen LogP contribution in [0.5, 0.6) is 0 Å². The summed E-state index contributed by atoms with van der Waals surface area (Å²) in [5.41, 5.74) is 1.89. The van der Waals surface area contributed by atoms with Crippen molar-refractivity contribution in [1.29, 1.82) is 0 Å². The Morgan fingerprint density at radius 2 is 1.90 bits per heavy atom. The number of rotatable bonds is 9. The number of fused-ring (bicyclic) bond motifs is 1. The minimum Gasteiger partial charge on any atom is -0.373 e. The van der Waals surface area contributed by atoms with Crippen molar-refractivity contribution >= 4 is 11.7 Å². The first-order valence-electron chi connectivity index (χ1n) is 10.6. The van der Waals surface area contributed by atoms with Gasteiger partial charge in [0.25, 0.3) is 0 Å². The molecule has 7 nitrogen and oxygen atoms in total. The molecule has 29 heavy (non-hydrogen) atoms. The van der Waals surface area contributed by atoms with E-state index in [9.17, 15) is 4.79 Å². The van der Waals surface area contributed by atoms with Gasteiger partial charge in [-0.3, -0.25) is 0 Å². The van der Waals surface area contributed by atoms with Crippen LogP contribution in [0.25, 0.3) is 0 Å². The third kappa shape index (κ3) is 6.15. The van der Waals surface area contributed by atoms with E-state index in [0.717, 1.165) is 24.1 Å². The lowest BCUT2D eigenvalue weighted by atomic mass is 10.1. The number of carbonyl (C=O) groups is 1. The highest BCUT2D eigenvalue weighted by atomic mass is 16.8. The second-order valence-electron chi connectivity index (χ2n) is 8.24. The van der Waals surface area contributed by atoms with Crippen LogP contribution < -0.4 is 10.6 Å². The molecule has 4 atom stereocenters. The van der Waals surface area contributed by atoms with Crippen molar-refractivity contribution in [3.8, 4) is 0 Å². The van der Waals surface area contributed by atoms with Crippen LogP contribution in [0.2, 0.25) is 0 Å². The number of anilines is 1. The number of nitrogens with one attached hydrogen (secondary N) is 2. The summed E-state index contributed by atoms with van der Waals surface area (Å²) in [7, 11) is 0. The van der Waals surface area contributed by atoms with Gasteiger partial charge in [0.15, 0.2) is 12.1 Å². The minimum absolute atomic E-state index is 0.275. The Hall–Kier alpha value is -1.67. The molecule has 2 N–H and O–H groups in total. The van der Waals surface area contributed by atoms with Crippen LogP contribution in [-0.2, 0) is 18.9 Å². The molecule has 0 bridgehead atoms. The maximum atomic E-state index is 12.3. The van der Waals surface area contributed by atoms with Crippen LogP contribution in [0.15, 0.2) is 24.3 Å². The lowest BCUT2D eigenvalue weighted by molar-refractivity contribution is -0.217. The van der Waals surface area contributed by atoms with Gasteiger partial charge in [-0.2, -0.15) is 0 Å². The Bertz CT molecular complexity index is 664. The fraction of sp³-hybridized carbons (Fsp3) is 0.682. The molecular weight excluding hydrogens is 372 g/mol. The summed E-state index contributed by atoms with van der Waals surface area (Å²) < 4.78 is 24.0. The van der Waals surface area contributed by atoms with E-state index in [-0.39, 0.29) is 24.3 Å².